The van der Waals surface area contributed by atoms with E-state index in [-0.39, 0.29) is 27.0 Å². The monoisotopic (exact) mass is 384 g/mol. The highest BCUT2D eigenvalue weighted by molar-refractivity contribution is 6.44. The Morgan fingerprint density at radius 3 is 2.04 bits per heavy atom. The number of aromatic hydroxyl groups is 2. The summed E-state index contributed by atoms with van der Waals surface area (Å²) in [6, 6.07) is 5.61. The Balaban J connectivity index is 2.14. The molecule has 8 nitrogen and oxygen atoms in total. The highest BCUT2D eigenvalue weighted by atomic mass is 35.5. The van der Waals surface area contributed by atoms with Crippen molar-refractivity contribution in [2.24, 2.45) is 0 Å². The second-order valence-corrected chi connectivity index (χ2v) is 5.57. The summed E-state index contributed by atoms with van der Waals surface area (Å²) in [5, 5.41) is 32.5. The summed E-state index contributed by atoms with van der Waals surface area (Å²) in [6.45, 7) is 0. The number of hydrogen-bond acceptors (Lipinski definition) is 5. The van der Waals surface area contributed by atoms with E-state index in [0.29, 0.717) is 0 Å². The summed E-state index contributed by atoms with van der Waals surface area (Å²) in [5.74, 6) is -4.61. The van der Waals surface area contributed by atoms with Gasteiger partial charge in [-0.1, -0.05) is 23.2 Å². The van der Waals surface area contributed by atoms with Crippen LogP contribution in [0.15, 0.2) is 30.3 Å². The topological polar surface area (TPSA) is 136 Å². The van der Waals surface area contributed by atoms with Crippen molar-refractivity contribution < 1.29 is 29.7 Å². The normalized spacial score (nSPS) is 10.2. The quantitative estimate of drug-likeness (QED) is 0.407. The van der Waals surface area contributed by atoms with Gasteiger partial charge in [-0.25, -0.2) is 4.79 Å². The number of hydrogen-bond donors (Lipinski definition) is 5. The largest absolute Gasteiger partial charge is 0.506 e. The van der Waals surface area contributed by atoms with E-state index in [1.807, 2.05) is 0 Å². The van der Waals surface area contributed by atoms with E-state index in [2.05, 4.69) is 10.6 Å². The van der Waals surface area contributed by atoms with Gasteiger partial charge in [0.2, 0.25) is 0 Å². The molecule has 0 aliphatic rings. The minimum atomic E-state index is -1.26. The van der Waals surface area contributed by atoms with Crippen molar-refractivity contribution >= 4 is 52.4 Å². The van der Waals surface area contributed by atoms with Gasteiger partial charge in [-0.15, -0.1) is 0 Å². The molecule has 0 unspecified atom stereocenters. The maximum atomic E-state index is 11.9. The first-order valence-corrected chi connectivity index (χ1v) is 7.31. The molecule has 2 aromatic rings. The minimum absolute atomic E-state index is 0.120. The molecule has 10 heteroatoms. The molecule has 2 aromatic carbocycles. The molecule has 0 aliphatic heterocycles. The van der Waals surface area contributed by atoms with Gasteiger partial charge in [0, 0.05) is 5.02 Å². The Morgan fingerprint density at radius 1 is 0.880 bits per heavy atom. The number of carboxylic acid groups (broad SMARTS) is 1. The van der Waals surface area contributed by atoms with E-state index in [9.17, 15) is 24.6 Å². The van der Waals surface area contributed by atoms with Crippen LogP contribution in [0.4, 0.5) is 11.4 Å². The van der Waals surface area contributed by atoms with Gasteiger partial charge in [-0.2, -0.15) is 0 Å². The summed E-state index contributed by atoms with van der Waals surface area (Å²) >= 11 is 11.5. The molecule has 0 saturated heterocycles. The van der Waals surface area contributed by atoms with E-state index in [0.717, 1.165) is 18.2 Å². The lowest BCUT2D eigenvalue weighted by molar-refractivity contribution is -0.133. The molecule has 25 heavy (non-hydrogen) atoms. The van der Waals surface area contributed by atoms with Crippen molar-refractivity contribution in [3.63, 3.8) is 0 Å². The number of aromatic carboxylic acids is 1. The molecule has 0 aliphatic carbocycles. The maximum Gasteiger partial charge on any atom is 0.335 e. The fourth-order valence-electron chi connectivity index (χ4n) is 1.79. The van der Waals surface area contributed by atoms with Crippen LogP contribution in [0.25, 0.3) is 0 Å². The first-order chi connectivity index (χ1) is 11.7. The molecular formula is C15H10Cl2N2O6. The molecule has 0 aromatic heterocycles. The number of benzene rings is 2. The predicted octanol–water partition coefficient (Wildman–Crippen LogP) is 2.68. The average Bonchev–Trinajstić information content (AvgIpc) is 2.53. The Bertz CT molecular complexity index is 885. The lowest BCUT2D eigenvalue weighted by Gasteiger charge is -2.10. The van der Waals surface area contributed by atoms with Crippen LogP contribution >= 0.6 is 23.2 Å². The number of carbonyl (C=O) groups is 3. The number of anilines is 2. The number of halogens is 2. The second kappa shape index (κ2) is 7.29. The number of carboxylic acids is 1. The molecule has 130 valence electrons. The van der Waals surface area contributed by atoms with E-state index >= 15 is 0 Å². The van der Waals surface area contributed by atoms with Gasteiger partial charge in [0.1, 0.15) is 5.75 Å². The second-order valence-electron chi connectivity index (χ2n) is 4.73. The van der Waals surface area contributed by atoms with Gasteiger partial charge < -0.3 is 26.0 Å². The fraction of sp³-hybridized carbons (Fsp3) is 0. The van der Waals surface area contributed by atoms with E-state index in [1.165, 1.54) is 12.1 Å². The van der Waals surface area contributed by atoms with Gasteiger partial charge >= 0.3 is 17.8 Å². The van der Waals surface area contributed by atoms with Crippen LogP contribution in [0.2, 0.25) is 10.0 Å². The Hall–Kier alpha value is -2.97. The first-order valence-electron chi connectivity index (χ1n) is 6.55. The highest BCUT2D eigenvalue weighted by Crippen LogP contribution is 2.35. The summed E-state index contributed by atoms with van der Waals surface area (Å²) < 4.78 is 0. The standard InChI is InChI=1S/C15H10Cl2N2O6/c16-7-4-8(17)12(21)10(5-7)19-14(23)13(22)18-9-2-1-6(15(24)25)3-11(9)20/h1-5,20-21H,(H,18,22)(H,19,23)(H,24,25). The van der Waals surface area contributed by atoms with Gasteiger partial charge in [0.15, 0.2) is 5.75 Å². The van der Waals surface area contributed by atoms with Crippen LogP contribution in [0.5, 0.6) is 11.5 Å². The van der Waals surface area contributed by atoms with Gasteiger partial charge in [0.05, 0.1) is 22.0 Å². The number of rotatable bonds is 3. The molecule has 0 radical (unpaired) electrons. The third-order valence-electron chi connectivity index (χ3n) is 2.98. The third kappa shape index (κ3) is 4.31. The number of amides is 2. The van der Waals surface area contributed by atoms with Crippen molar-refractivity contribution in [1.29, 1.82) is 0 Å². The zero-order valence-corrected chi connectivity index (χ0v) is 13.7. The van der Waals surface area contributed by atoms with Crippen molar-refractivity contribution in [3.8, 4) is 11.5 Å². The molecule has 0 fully saturated rings. The third-order valence-corrected chi connectivity index (χ3v) is 3.48. The number of phenolic OH excluding ortho intramolecular Hbond substituents is 2. The molecule has 2 rings (SSSR count). The van der Waals surface area contributed by atoms with Crippen molar-refractivity contribution in [1.82, 2.24) is 0 Å². The van der Waals surface area contributed by atoms with Gasteiger partial charge in [0.25, 0.3) is 0 Å². The van der Waals surface area contributed by atoms with Crippen LogP contribution in [0.1, 0.15) is 10.4 Å². The molecular weight excluding hydrogens is 375 g/mol. The maximum absolute atomic E-state index is 11.9. The zero-order chi connectivity index (χ0) is 18.7. The SMILES string of the molecule is O=C(Nc1ccc(C(=O)O)cc1O)C(=O)Nc1cc(Cl)cc(Cl)c1O. The van der Waals surface area contributed by atoms with Crippen LogP contribution in [0.3, 0.4) is 0 Å². The molecule has 0 atom stereocenters. The van der Waals surface area contributed by atoms with E-state index in [1.54, 1.807) is 0 Å². The van der Waals surface area contributed by atoms with Crippen molar-refractivity contribution in [3.05, 3.63) is 45.9 Å². The van der Waals surface area contributed by atoms with Crippen LogP contribution in [0, 0.1) is 0 Å². The van der Waals surface area contributed by atoms with Crippen LogP contribution in [-0.4, -0.2) is 33.1 Å². The van der Waals surface area contributed by atoms with Crippen molar-refractivity contribution in [2.75, 3.05) is 10.6 Å². The van der Waals surface area contributed by atoms with E-state index in [4.69, 9.17) is 28.3 Å². The van der Waals surface area contributed by atoms with Crippen LogP contribution in [-0.2, 0) is 9.59 Å². The predicted molar refractivity (Wildman–Crippen MR) is 90.5 cm³/mol. The molecule has 0 heterocycles. The van der Waals surface area contributed by atoms with Gasteiger partial charge in [-0.3, -0.25) is 9.59 Å². The average molecular weight is 385 g/mol. The number of phenols is 2. The zero-order valence-electron chi connectivity index (χ0n) is 12.2. The summed E-state index contributed by atoms with van der Waals surface area (Å²) in [7, 11) is 0. The first kappa shape index (κ1) is 18.4. The van der Waals surface area contributed by atoms with E-state index < -0.39 is 29.3 Å². The summed E-state index contributed by atoms with van der Waals surface area (Å²) in [6.07, 6.45) is 0. The van der Waals surface area contributed by atoms with Crippen molar-refractivity contribution in [2.45, 2.75) is 0 Å². The Kier molecular flexibility index (Phi) is 5.35. The number of nitrogens with one attached hydrogen (secondary N) is 2. The molecule has 0 bridgehead atoms. The minimum Gasteiger partial charge on any atom is -0.506 e. The molecule has 5 N–H and O–H groups in total. The number of carbonyl (C=O) groups excluding carboxylic acids is 2. The van der Waals surface area contributed by atoms with Crippen LogP contribution < -0.4 is 10.6 Å². The summed E-state index contributed by atoms with van der Waals surface area (Å²) in [4.78, 5) is 34.5. The van der Waals surface area contributed by atoms with Gasteiger partial charge in [-0.05, 0) is 30.3 Å². The molecule has 2 amide bonds. The molecule has 0 saturated carbocycles. The lowest BCUT2D eigenvalue weighted by Crippen LogP contribution is -2.29. The highest BCUT2D eigenvalue weighted by Gasteiger charge is 2.19. The smallest absolute Gasteiger partial charge is 0.335 e. The molecule has 0 spiro atoms. The summed E-state index contributed by atoms with van der Waals surface area (Å²) in [5.41, 5.74) is -0.542. The lowest BCUT2D eigenvalue weighted by atomic mass is 10.2. The fourth-order valence-corrected chi connectivity index (χ4v) is 2.28. The Labute approximate surface area is 150 Å². The Morgan fingerprint density at radius 2 is 1.48 bits per heavy atom.